The number of carbonyl (C=O) groups is 2. The van der Waals surface area contributed by atoms with E-state index in [-0.39, 0.29) is 5.78 Å². The van der Waals surface area contributed by atoms with Gasteiger partial charge in [0.25, 0.3) is 0 Å². The number of aryl methyl sites for hydroxylation is 1. The van der Waals surface area contributed by atoms with Crippen LogP contribution >= 0.6 is 0 Å². The van der Waals surface area contributed by atoms with Crippen molar-refractivity contribution >= 4 is 23.6 Å². The van der Waals surface area contributed by atoms with Crippen molar-refractivity contribution in [2.45, 2.75) is 38.1 Å². The molecule has 1 heterocycles. The van der Waals surface area contributed by atoms with Crippen LogP contribution in [0.25, 0.3) is 11.9 Å². The van der Waals surface area contributed by atoms with Crippen LogP contribution in [0.2, 0.25) is 0 Å². The van der Waals surface area contributed by atoms with Crippen molar-refractivity contribution in [3.05, 3.63) is 107 Å². The summed E-state index contributed by atoms with van der Waals surface area (Å²) in [6, 6.07) is 19.7. The second-order valence-electron chi connectivity index (χ2n) is 8.27. The highest BCUT2D eigenvalue weighted by Crippen LogP contribution is 2.29. The Bertz CT molecular complexity index is 1180. The van der Waals surface area contributed by atoms with Crippen LogP contribution in [0.1, 0.15) is 45.7 Å². The van der Waals surface area contributed by atoms with Gasteiger partial charge in [0.05, 0.1) is 11.4 Å². The second kappa shape index (κ2) is 10.2. The number of allylic oxidation sites excluding steroid dienone is 1. The molecule has 33 heavy (non-hydrogen) atoms. The molecular formula is C28H28N2O3. The molecule has 3 aromatic rings. The molecule has 0 radical (unpaired) electrons. The van der Waals surface area contributed by atoms with Gasteiger partial charge in [-0.25, -0.2) is 4.79 Å². The number of carboxylic acids is 1. The van der Waals surface area contributed by atoms with Gasteiger partial charge >= 0.3 is 5.97 Å². The number of rotatable bonds is 9. The van der Waals surface area contributed by atoms with E-state index in [4.69, 9.17) is 0 Å². The van der Waals surface area contributed by atoms with Crippen LogP contribution in [0.5, 0.6) is 0 Å². The number of fused-ring (bicyclic) bond motifs is 1. The standard InChI is InChI=1S/C28H28N2O3/c1-2-30-25-16-10-9-15-22(25)18-26(30)23(19-27(31)21-13-7-4-8-14-21)29-24(28(32)33)17-20-11-5-3-6-12-20/h2-8,11-14,18-19,24,29H,1,9-10,15-17H2,(H,32,33)/b23-19-. The van der Waals surface area contributed by atoms with E-state index in [1.165, 1.54) is 17.3 Å². The first-order valence-electron chi connectivity index (χ1n) is 11.3. The molecule has 5 nitrogen and oxygen atoms in total. The zero-order valence-electron chi connectivity index (χ0n) is 18.5. The maximum atomic E-state index is 13.1. The highest BCUT2D eigenvalue weighted by molar-refractivity contribution is 6.08. The van der Waals surface area contributed by atoms with Crippen molar-refractivity contribution in [2.75, 3.05) is 0 Å². The Hall–Kier alpha value is -3.86. The van der Waals surface area contributed by atoms with E-state index in [1.807, 2.05) is 53.1 Å². The van der Waals surface area contributed by atoms with Gasteiger partial charge in [-0.05, 0) is 42.9 Å². The summed E-state index contributed by atoms with van der Waals surface area (Å²) in [5.41, 5.74) is 5.12. The lowest BCUT2D eigenvalue weighted by molar-refractivity contribution is -0.139. The lowest BCUT2D eigenvalue weighted by Gasteiger charge is -2.20. The normalized spacial score (nSPS) is 14.2. The van der Waals surface area contributed by atoms with Crippen LogP contribution in [-0.4, -0.2) is 27.5 Å². The minimum absolute atomic E-state index is 0.184. The number of ketones is 1. The summed E-state index contributed by atoms with van der Waals surface area (Å²) in [5, 5.41) is 13.1. The summed E-state index contributed by atoms with van der Waals surface area (Å²) < 4.78 is 1.99. The first-order chi connectivity index (χ1) is 16.1. The van der Waals surface area contributed by atoms with Gasteiger partial charge in [-0.15, -0.1) is 0 Å². The van der Waals surface area contributed by atoms with Crippen molar-refractivity contribution in [3.8, 4) is 0 Å². The molecule has 0 bridgehead atoms. The number of hydrogen-bond acceptors (Lipinski definition) is 3. The Kier molecular flexibility index (Phi) is 6.89. The van der Waals surface area contributed by atoms with Crippen molar-refractivity contribution < 1.29 is 14.7 Å². The monoisotopic (exact) mass is 440 g/mol. The molecule has 1 atom stereocenters. The maximum Gasteiger partial charge on any atom is 0.326 e. The summed E-state index contributed by atoms with van der Waals surface area (Å²) in [7, 11) is 0. The summed E-state index contributed by atoms with van der Waals surface area (Å²) >= 11 is 0. The number of carbonyl (C=O) groups excluding carboxylic acids is 1. The second-order valence-corrected chi connectivity index (χ2v) is 8.27. The number of nitrogens with one attached hydrogen (secondary N) is 1. The Balaban J connectivity index is 1.75. The molecule has 1 aromatic heterocycles. The van der Waals surface area contributed by atoms with Gasteiger partial charge in [0, 0.05) is 30.0 Å². The van der Waals surface area contributed by atoms with Crippen molar-refractivity contribution in [2.24, 2.45) is 0 Å². The van der Waals surface area contributed by atoms with E-state index in [9.17, 15) is 14.7 Å². The van der Waals surface area contributed by atoms with Crippen molar-refractivity contribution in [3.63, 3.8) is 0 Å². The Morgan fingerprint density at radius 1 is 1.03 bits per heavy atom. The van der Waals surface area contributed by atoms with Gasteiger partial charge in [-0.1, -0.05) is 67.2 Å². The first-order valence-corrected chi connectivity index (χ1v) is 11.3. The van der Waals surface area contributed by atoms with Crippen LogP contribution in [0.15, 0.2) is 79.4 Å². The van der Waals surface area contributed by atoms with E-state index in [0.29, 0.717) is 17.7 Å². The molecule has 0 saturated heterocycles. The van der Waals surface area contributed by atoms with E-state index >= 15 is 0 Å². The van der Waals surface area contributed by atoms with Crippen molar-refractivity contribution in [1.29, 1.82) is 0 Å². The molecule has 0 saturated carbocycles. The van der Waals surface area contributed by atoms with Crippen LogP contribution in [0.3, 0.4) is 0 Å². The van der Waals surface area contributed by atoms with E-state index < -0.39 is 12.0 Å². The first kappa shape index (κ1) is 22.3. The molecule has 0 fully saturated rings. The van der Waals surface area contributed by atoms with Gasteiger partial charge in [0.1, 0.15) is 6.04 Å². The molecule has 1 aliphatic carbocycles. The molecular weight excluding hydrogens is 412 g/mol. The van der Waals surface area contributed by atoms with E-state index in [0.717, 1.165) is 36.9 Å². The molecule has 0 spiro atoms. The number of aliphatic carboxylic acids is 1. The number of aromatic nitrogens is 1. The largest absolute Gasteiger partial charge is 0.480 e. The van der Waals surface area contributed by atoms with Gasteiger partial charge in [-0.3, -0.25) is 4.79 Å². The van der Waals surface area contributed by atoms with Crippen LogP contribution in [0.4, 0.5) is 0 Å². The molecule has 0 amide bonds. The molecule has 1 aliphatic rings. The van der Waals surface area contributed by atoms with Crippen LogP contribution in [-0.2, 0) is 24.1 Å². The highest BCUT2D eigenvalue weighted by Gasteiger charge is 2.24. The molecule has 2 N–H and O–H groups in total. The Morgan fingerprint density at radius 2 is 1.70 bits per heavy atom. The molecule has 168 valence electrons. The number of benzene rings is 2. The molecule has 1 unspecified atom stereocenters. The zero-order valence-corrected chi connectivity index (χ0v) is 18.5. The molecule has 2 aromatic carbocycles. The molecule has 0 aliphatic heterocycles. The number of hydrogen-bond donors (Lipinski definition) is 2. The fourth-order valence-electron chi connectivity index (χ4n) is 4.38. The van der Waals surface area contributed by atoms with Gasteiger partial charge in [0.15, 0.2) is 5.78 Å². The topological polar surface area (TPSA) is 71.3 Å². The summed E-state index contributed by atoms with van der Waals surface area (Å²) in [6.45, 7) is 3.98. The third kappa shape index (κ3) is 5.14. The summed E-state index contributed by atoms with van der Waals surface area (Å²) in [4.78, 5) is 25.3. The van der Waals surface area contributed by atoms with Crippen molar-refractivity contribution in [1.82, 2.24) is 9.88 Å². The molecule has 5 heteroatoms. The highest BCUT2D eigenvalue weighted by atomic mass is 16.4. The van der Waals surface area contributed by atoms with Crippen LogP contribution in [0, 0.1) is 0 Å². The fourth-order valence-corrected chi connectivity index (χ4v) is 4.38. The average Bonchev–Trinajstić information content (AvgIpc) is 3.22. The van der Waals surface area contributed by atoms with Crippen LogP contribution < -0.4 is 5.32 Å². The maximum absolute atomic E-state index is 13.1. The van der Waals surface area contributed by atoms with Gasteiger partial charge in [-0.2, -0.15) is 0 Å². The minimum atomic E-state index is -0.974. The predicted octanol–water partition coefficient (Wildman–Crippen LogP) is 4.98. The zero-order chi connectivity index (χ0) is 23.2. The minimum Gasteiger partial charge on any atom is -0.480 e. The van der Waals surface area contributed by atoms with E-state index in [2.05, 4.69) is 18.0 Å². The van der Waals surface area contributed by atoms with Gasteiger partial charge < -0.3 is 15.0 Å². The third-order valence-corrected chi connectivity index (χ3v) is 6.04. The third-order valence-electron chi connectivity index (χ3n) is 6.04. The van der Waals surface area contributed by atoms with E-state index in [1.54, 1.807) is 18.3 Å². The number of carboxylic acid groups (broad SMARTS) is 1. The average molecular weight is 441 g/mol. The summed E-state index contributed by atoms with van der Waals surface area (Å²) in [6.07, 6.45) is 7.68. The number of nitrogens with zero attached hydrogens (tertiary/aromatic N) is 1. The predicted molar refractivity (Wildman–Crippen MR) is 131 cm³/mol. The summed E-state index contributed by atoms with van der Waals surface area (Å²) in [5.74, 6) is -1.16. The Morgan fingerprint density at radius 3 is 2.36 bits per heavy atom. The lowest BCUT2D eigenvalue weighted by Crippen LogP contribution is -2.38. The quantitative estimate of drug-likeness (QED) is 0.364. The van der Waals surface area contributed by atoms with Gasteiger partial charge in [0.2, 0.25) is 0 Å². The fraction of sp³-hybridized carbons (Fsp3) is 0.214. The SMILES string of the molecule is C=Cn1c(/C(=C/C(=O)c2ccccc2)NC(Cc2ccccc2)C(=O)O)cc2c1CCCC2. The molecule has 4 rings (SSSR count). The Labute approximate surface area is 194 Å². The lowest BCUT2D eigenvalue weighted by atomic mass is 9.98. The smallest absolute Gasteiger partial charge is 0.326 e.